The fourth-order valence-corrected chi connectivity index (χ4v) is 2.35. The number of ketones is 1. The molecule has 0 rings (SSSR count). The smallest absolute Gasteiger partial charge is 0.313 e. The van der Waals surface area contributed by atoms with Crippen LogP contribution in [0.2, 0.25) is 0 Å². The Bertz CT molecular complexity index is 261. The van der Waals surface area contributed by atoms with Crippen LogP contribution in [0.4, 0.5) is 0 Å². The second-order valence-electron chi connectivity index (χ2n) is 5.87. The average Bonchev–Trinajstić information content (AvgIpc) is 2.45. The number of carbonyl (C=O) groups excluding carboxylic acids is 2. The lowest BCUT2D eigenvalue weighted by molar-refractivity contribution is -0.146. The van der Waals surface area contributed by atoms with Gasteiger partial charge >= 0.3 is 5.97 Å². The van der Waals surface area contributed by atoms with E-state index in [1.165, 1.54) is 51.4 Å². The molecule has 21 heavy (non-hydrogen) atoms. The third kappa shape index (κ3) is 15.3. The van der Waals surface area contributed by atoms with Gasteiger partial charge in [-0.05, 0) is 12.8 Å². The van der Waals surface area contributed by atoms with Crippen molar-refractivity contribution in [3.8, 4) is 0 Å². The number of Topliss-reactive ketones (excluding diaryl/α,β-unsaturated/α-hetero) is 1. The predicted octanol–water partition coefficient (Wildman–Crippen LogP) is 5.21. The van der Waals surface area contributed by atoms with Crippen LogP contribution in [0, 0.1) is 0 Å². The summed E-state index contributed by atoms with van der Waals surface area (Å²) in [4.78, 5) is 22.6. The molecule has 0 saturated carbocycles. The first kappa shape index (κ1) is 20.1. The Kier molecular flexibility index (Phi) is 14.9. The van der Waals surface area contributed by atoms with Gasteiger partial charge in [0.1, 0.15) is 12.2 Å². The van der Waals surface area contributed by atoms with Crippen molar-refractivity contribution in [2.24, 2.45) is 0 Å². The van der Waals surface area contributed by atoms with Gasteiger partial charge in [-0.3, -0.25) is 9.59 Å². The highest BCUT2D eigenvalue weighted by Gasteiger charge is 2.09. The van der Waals surface area contributed by atoms with Crippen LogP contribution in [0.25, 0.3) is 0 Å². The summed E-state index contributed by atoms with van der Waals surface area (Å²) in [5, 5.41) is 0. The Labute approximate surface area is 130 Å². The maximum atomic E-state index is 11.3. The molecule has 0 bridgehead atoms. The van der Waals surface area contributed by atoms with Crippen LogP contribution in [0.5, 0.6) is 0 Å². The summed E-state index contributed by atoms with van der Waals surface area (Å²) < 4.78 is 5.07. The van der Waals surface area contributed by atoms with Crippen molar-refractivity contribution < 1.29 is 14.3 Å². The van der Waals surface area contributed by atoms with Crippen LogP contribution in [0.15, 0.2) is 0 Å². The molecule has 0 saturated heterocycles. The van der Waals surface area contributed by atoms with Crippen molar-refractivity contribution in [2.45, 2.75) is 97.3 Å². The number of hydrogen-bond acceptors (Lipinski definition) is 3. The maximum Gasteiger partial charge on any atom is 0.313 e. The SMILES string of the molecule is CCCCCCCCCCCCOC(=O)CC(=O)CCC. The molecule has 0 aromatic carbocycles. The largest absolute Gasteiger partial charge is 0.465 e. The molecule has 0 aliphatic heterocycles. The Morgan fingerprint density at radius 2 is 1.24 bits per heavy atom. The highest BCUT2D eigenvalue weighted by Crippen LogP contribution is 2.10. The minimum atomic E-state index is -0.357. The summed E-state index contributed by atoms with van der Waals surface area (Å²) in [5.41, 5.74) is 0. The number of ether oxygens (including phenoxy) is 1. The minimum absolute atomic E-state index is 0.00873. The van der Waals surface area contributed by atoms with Gasteiger partial charge in [0.05, 0.1) is 6.61 Å². The molecule has 0 amide bonds. The Morgan fingerprint density at radius 3 is 1.76 bits per heavy atom. The fourth-order valence-electron chi connectivity index (χ4n) is 2.35. The lowest BCUT2D eigenvalue weighted by Gasteiger charge is -2.04. The van der Waals surface area contributed by atoms with Gasteiger partial charge in [0.25, 0.3) is 0 Å². The van der Waals surface area contributed by atoms with E-state index in [9.17, 15) is 9.59 Å². The lowest BCUT2D eigenvalue weighted by atomic mass is 10.1. The second kappa shape index (κ2) is 15.5. The molecule has 0 N–H and O–H groups in total. The van der Waals surface area contributed by atoms with Gasteiger partial charge in [-0.1, -0.05) is 71.6 Å². The molecule has 0 heterocycles. The Morgan fingerprint density at radius 1 is 0.714 bits per heavy atom. The normalized spacial score (nSPS) is 10.6. The number of carbonyl (C=O) groups is 2. The molecule has 0 spiro atoms. The maximum absolute atomic E-state index is 11.3. The topological polar surface area (TPSA) is 43.4 Å². The van der Waals surface area contributed by atoms with Gasteiger partial charge in [0.15, 0.2) is 0 Å². The molecule has 0 aliphatic carbocycles. The number of esters is 1. The van der Waals surface area contributed by atoms with E-state index in [-0.39, 0.29) is 18.2 Å². The summed E-state index contributed by atoms with van der Waals surface area (Å²) in [6.45, 7) is 4.65. The van der Waals surface area contributed by atoms with Crippen molar-refractivity contribution in [3.05, 3.63) is 0 Å². The van der Waals surface area contributed by atoms with E-state index in [4.69, 9.17) is 4.74 Å². The first-order valence-electron chi connectivity index (χ1n) is 8.88. The van der Waals surface area contributed by atoms with Crippen molar-refractivity contribution in [1.29, 1.82) is 0 Å². The molecular weight excluding hydrogens is 264 g/mol. The van der Waals surface area contributed by atoms with E-state index >= 15 is 0 Å². The first-order valence-corrected chi connectivity index (χ1v) is 8.88. The molecular formula is C18H34O3. The molecule has 3 nitrogen and oxygen atoms in total. The Hall–Kier alpha value is -0.860. The molecule has 0 fully saturated rings. The molecule has 0 unspecified atom stereocenters. The fraction of sp³-hybridized carbons (Fsp3) is 0.889. The van der Waals surface area contributed by atoms with Crippen LogP contribution in [-0.2, 0) is 14.3 Å². The van der Waals surface area contributed by atoms with Crippen LogP contribution >= 0.6 is 0 Å². The zero-order valence-electron chi connectivity index (χ0n) is 14.1. The number of rotatable bonds is 15. The number of unbranched alkanes of at least 4 members (excludes halogenated alkanes) is 9. The molecule has 3 heteroatoms. The van der Waals surface area contributed by atoms with Gasteiger partial charge in [0.2, 0.25) is 0 Å². The van der Waals surface area contributed by atoms with E-state index in [1.807, 2.05) is 6.92 Å². The molecule has 0 aliphatic rings. The summed E-state index contributed by atoms with van der Waals surface area (Å²) in [6, 6.07) is 0. The van der Waals surface area contributed by atoms with Crippen LogP contribution in [0.1, 0.15) is 97.3 Å². The van der Waals surface area contributed by atoms with Crippen LogP contribution < -0.4 is 0 Å². The van der Waals surface area contributed by atoms with E-state index in [1.54, 1.807) is 0 Å². The third-order valence-corrected chi connectivity index (χ3v) is 3.63. The Balaban J connectivity index is 3.21. The molecule has 0 atom stereocenters. The summed E-state index contributed by atoms with van der Waals surface area (Å²) in [6.07, 6.45) is 13.9. The summed E-state index contributed by atoms with van der Waals surface area (Å²) >= 11 is 0. The van der Waals surface area contributed by atoms with Gasteiger partial charge in [0, 0.05) is 6.42 Å². The summed E-state index contributed by atoms with van der Waals surface area (Å²) in [5.74, 6) is -0.366. The van der Waals surface area contributed by atoms with Crippen molar-refractivity contribution in [2.75, 3.05) is 6.61 Å². The van der Waals surface area contributed by atoms with Gasteiger partial charge < -0.3 is 4.74 Å². The van der Waals surface area contributed by atoms with E-state index in [0.717, 1.165) is 19.3 Å². The average molecular weight is 298 g/mol. The van der Waals surface area contributed by atoms with Gasteiger partial charge in [-0.2, -0.15) is 0 Å². The highest BCUT2D eigenvalue weighted by molar-refractivity contribution is 5.95. The van der Waals surface area contributed by atoms with E-state index in [0.29, 0.717) is 13.0 Å². The monoisotopic (exact) mass is 298 g/mol. The van der Waals surface area contributed by atoms with Gasteiger partial charge in [-0.15, -0.1) is 0 Å². The quantitative estimate of drug-likeness (QED) is 0.237. The van der Waals surface area contributed by atoms with E-state index in [2.05, 4.69) is 6.92 Å². The van der Waals surface area contributed by atoms with Crippen LogP contribution in [-0.4, -0.2) is 18.4 Å². The van der Waals surface area contributed by atoms with Gasteiger partial charge in [-0.25, -0.2) is 0 Å². The third-order valence-electron chi connectivity index (χ3n) is 3.63. The van der Waals surface area contributed by atoms with E-state index < -0.39 is 0 Å². The molecule has 0 aromatic heterocycles. The standard InChI is InChI=1S/C18H34O3/c1-3-5-6-7-8-9-10-11-12-13-15-21-18(20)16-17(19)14-4-2/h3-16H2,1-2H3. The predicted molar refractivity (Wildman–Crippen MR) is 87.3 cm³/mol. The first-order chi connectivity index (χ1) is 10.2. The number of hydrogen-bond donors (Lipinski definition) is 0. The zero-order valence-corrected chi connectivity index (χ0v) is 14.1. The molecule has 124 valence electrons. The second-order valence-corrected chi connectivity index (χ2v) is 5.87. The lowest BCUT2D eigenvalue weighted by Crippen LogP contribution is -2.11. The molecule has 0 aromatic rings. The van der Waals surface area contributed by atoms with Crippen molar-refractivity contribution in [3.63, 3.8) is 0 Å². The van der Waals surface area contributed by atoms with Crippen LogP contribution in [0.3, 0.4) is 0 Å². The summed E-state index contributed by atoms with van der Waals surface area (Å²) in [7, 11) is 0. The molecule has 0 radical (unpaired) electrons. The highest BCUT2D eigenvalue weighted by atomic mass is 16.5. The zero-order chi connectivity index (χ0) is 15.8. The van der Waals surface area contributed by atoms with Crippen molar-refractivity contribution >= 4 is 11.8 Å². The minimum Gasteiger partial charge on any atom is -0.465 e. The van der Waals surface area contributed by atoms with Crippen molar-refractivity contribution in [1.82, 2.24) is 0 Å².